The average molecular weight is 463 g/mol. The Morgan fingerprint density at radius 2 is 1.50 bits per heavy atom. The molecule has 1 aliphatic rings. The molecule has 32 heavy (non-hydrogen) atoms. The van der Waals surface area contributed by atoms with E-state index in [9.17, 15) is 18.8 Å². The van der Waals surface area contributed by atoms with Crippen LogP contribution in [0.3, 0.4) is 0 Å². The molecule has 2 aromatic rings. The van der Waals surface area contributed by atoms with Gasteiger partial charge >= 0.3 is 5.97 Å². The monoisotopic (exact) mass is 462 g/mol. The summed E-state index contributed by atoms with van der Waals surface area (Å²) in [4.78, 5) is 35.3. The first-order valence-corrected chi connectivity index (χ1v) is 10.7. The molecule has 7 nitrogen and oxygen atoms in total. The maximum Gasteiger partial charge on any atom is 0.306 e. The van der Waals surface area contributed by atoms with Gasteiger partial charge < -0.3 is 20.5 Å². The molecule has 1 saturated carbocycles. The van der Waals surface area contributed by atoms with Gasteiger partial charge in [0.15, 0.2) is 11.6 Å². The summed E-state index contributed by atoms with van der Waals surface area (Å²) in [6.07, 6.45) is 1.83. The first-order valence-electron chi connectivity index (χ1n) is 10.3. The Bertz CT molecular complexity index is 975. The lowest BCUT2D eigenvalue weighted by Gasteiger charge is -2.27. The molecule has 0 spiro atoms. The zero-order valence-electron chi connectivity index (χ0n) is 17.3. The van der Waals surface area contributed by atoms with Crippen molar-refractivity contribution < 1.29 is 28.6 Å². The lowest BCUT2D eigenvalue weighted by molar-refractivity contribution is -0.143. The molecule has 2 aromatic carbocycles. The summed E-state index contributed by atoms with van der Waals surface area (Å²) in [5, 5.41) is 14.9. The molecule has 0 aliphatic heterocycles. The normalized spacial score (nSPS) is 17.9. The van der Waals surface area contributed by atoms with Crippen LogP contribution in [0.1, 0.15) is 46.4 Å². The number of carboxylic acid groups (broad SMARTS) is 1. The van der Waals surface area contributed by atoms with Crippen LogP contribution in [-0.4, -0.2) is 42.1 Å². The van der Waals surface area contributed by atoms with Gasteiger partial charge in [-0.1, -0.05) is 11.6 Å². The van der Waals surface area contributed by atoms with Crippen LogP contribution in [0.5, 0.6) is 5.75 Å². The maximum atomic E-state index is 14.4. The van der Waals surface area contributed by atoms with E-state index >= 15 is 0 Å². The number of benzene rings is 2. The van der Waals surface area contributed by atoms with Crippen molar-refractivity contribution in [3.05, 3.63) is 64.4 Å². The summed E-state index contributed by atoms with van der Waals surface area (Å²) in [7, 11) is 0. The summed E-state index contributed by atoms with van der Waals surface area (Å²) in [6, 6.07) is 10.4. The topological polar surface area (TPSA) is 105 Å². The Morgan fingerprint density at radius 1 is 0.938 bits per heavy atom. The minimum absolute atomic E-state index is 0.0375. The lowest BCUT2D eigenvalue weighted by Crippen LogP contribution is -2.34. The van der Waals surface area contributed by atoms with Gasteiger partial charge in [0.1, 0.15) is 0 Å². The van der Waals surface area contributed by atoms with E-state index in [1.807, 2.05) is 0 Å². The molecule has 0 radical (unpaired) electrons. The number of hydrogen-bond acceptors (Lipinski definition) is 4. The number of aliphatic carboxylic acids is 1. The van der Waals surface area contributed by atoms with Gasteiger partial charge in [-0.3, -0.25) is 14.4 Å². The van der Waals surface area contributed by atoms with Crippen LogP contribution in [0.2, 0.25) is 5.02 Å². The lowest BCUT2D eigenvalue weighted by atomic mass is 9.87. The second-order valence-corrected chi connectivity index (χ2v) is 8.03. The number of carbonyl (C=O) groups excluding carboxylic acids is 2. The van der Waals surface area contributed by atoms with Gasteiger partial charge in [0.25, 0.3) is 11.8 Å². The third-order valence-electron chi connectivity index (χ3n) is 5.31. The molecular weight excluding hydrogens is 439 g/mol. The van der Waals surface area contributed by atoms with Crippen molar-refractivity contribution in [1.29, 1.82) is 0 Å². The summed E-state index contributed by atoms with van der Waals surface area (Å²) in [5.41, 5.74) is 0.586. The summed E-state index contributed by atoms with van der Waals surface area (Å²) < 4.78 is 20.1. The predicted molar refractivity (Wildman–Crippen MR) is 117 cm³/mol. The summed E-state index contributed by atoms with van der Waals surface area (Å²) >= 11 is 5.79. The Kier molecular flexibility index (Phi) is 8.05. The van der Waals surface area contributed by atoms with E-state index in [0.717, 1.165) is 6.07 Å². The van der Waals surface area contributed by atoms with Crippen molar-refractivity contribution >= 4 is 29.4 Å². The smallest absolute Gasteiger partial charge is 0.306 e. The number of hydrogen-bond donors (Lipinski definition) is 3. The van der Waals surface area contributed by atoms with E-state index in [2.05, 4.69) is 10.6 Å². The molecule has 0 unspecified atom stereocenters. The minimum Gasteiger partial charge on any atom is -0.487 e. The molecule has 0 atom stereocenters. The third kappa shape index (κ3) is 6.43. The number of carbonyl (C=O) groups is 3. The van der Waals surface area contributed by atoms with Crippen molar-refractivity contribution in [2.24, 2.45) is 5.92 Å². The second-order valence-electron chi connectivity index (χ2n) is 7.59. The largest absolute Gasteiger partial charge is 0.487 e. The highest BCUT2D eigenvalue weighted by Crippen LogP contribution is 2.29. The standard InChI is InChI=1S/C23H24ClFN2O5/c24-17-6-1-14(2-7-17)21(28)26-11-12-27-22(29)16-5-10-20(19(25)13-16)32-18-8-3-15(4-9-18)23(30)31/h1-2,5-7,10,13,15,18H,3-4,8-9,11-12H2,(H,26,28)(H,27,29)(H,30,31)/t15-,18+. The van der Waals surface area contributed by atoms with E-state index < -0.39 is 17.7 Å². The summed E-state index contributed by atoms with van der Waals surface area (Å²) in [6.45, 7) is 0.376. The van der Waals surface area contributed by atoms with Crippen molar-refractivity contribution in [3.8, 4) is 5.75 Å². The highest BCUT2D eigenvalue weighted by atomic mass is 35.5. The van der Waals surface area contributed by atoms with Crippen LogP contribution in [0.15, 0.2) is 42.5 Å². The van der Waals surface area contributed by atoms with E-state index in [4.69, 9.17) is 21.4 Å². The Hall–Kier alpha value is -3.13. The van der Waals surface area contributed by atoms with Crippen LogP contribution in [0.4, 0.5) is 4.39 Å². The molecule has 170 valence electrons. The quantitative estimate of drug-likeness (QED) is 0.519. The van der Waals surface area contributed by atoms with Crippen LogP contribution < -0.4 is 15.4 Å². The van der Waals surface area contributed by atoms with Crippen LogP contribution in [0.25, 0.3) is 0 Å². The fourth-order valence-corrected chi connectivity index (χ4v) is 3.63. The highest BCUT2D eigenvalue weighted by Gasteiger charge is 2.27. The number of halogens is 2. The molecule has 9 heteroatoms. The molecule has 0 heterocycles. The molecular formula is C23H24ClFN2O5. The van der Waals surface area contributed by atoms with Gasteiger partial charge in [0.05, 0.1) is 12.0 Å². The second kappa shape index (κ2) is 10.9. The van der Waals surface area contributed by atoms with Crippen molar-refractivity contribution in [1.82, 2.24) is 10.6 Å². The summed E-state index contributed by atoms with van der Waals surface area (Å²) in [5.74, 6) is -2.57. The number of nitrogens with one attached hydrogen (secondary N) is 2. The first kappa shape index (κ1) is 23.5. The van der Waals surface area contributed by atoms with Gasteiger partial charge in [-0.2, -0.15) is 0 Å². The predicted octanol–water partition coefficient (Wildman–Crippen LogP) is 3.66. The average Bonchev–Trinajstić information content (AvgIpc) is 2.78. The molecule has 0 bridgehead atoms. The minimum atomic E-state index is -0.811. The number of rotatable bonds is 8. The maximum absolute atomic E-state index is 14.4. The van der Waals surface area contributed by atoms with E-state index in [1.165, 1.54) is 12.1 Å². The number of carboxylic acids is 1. The molecule has 1 fully saturated rings. The molecule has 3 N–H and O–H groups in total. The van der Waals surface area contributed by atoms with Crippen LogP contribution >= 0.6 is 11.6 Å². The van der Waals surface area contributed by atoms with Gasteiger partial charge in [-0.25, -0.2) is 4.39 Å². The first-order chi connectivity index (χ1) is 15.3. The van der Waals surface area contributed by atoms with Gasteiger partial charge in [-0.15, -0.1) is 0 Å². The van der Waals surface area contributed by atoms with Gasteiger partial charge in [0.2, 0.25) is 0 Å². The van der Waals surface area contributed by atoms with Crippen LogP contribution in [0, 0.1) is 11.7 Å². The molecule has 0 saturated heterocycles. The fourth-order valence-electron chi connectivity index (χ4n) is 3.50. The molecule has 2 amide bonds. The molecule has 0 aromatic heterocycles. The Morgan fingerprint density at radius 3 is 2.06 bits per heavy atom. The fraction of sp³-hybridized carbons (Fsp3) is 0.348. The zero-order chi connectivity index (χ0) is 23.1. The van der Waals surface area contributed by atoms with Crippen LogP contribution in [-0.2, 0) is 4.79 Å². The van der Waals surface area contributed by atoms with Crippen molar-refractivity contribution in [2.45, 2.75) is 31.8 Å². The number of ether oxygens (including phenoxy) is 1. The van der Waals surface area contributed by atoms with Crippen molar-refractivity contribution in [3.63, 3.8) is 0 Å². The Labute approximate surface area is 189 Å². The van der Waals surface area contributed by atoms with E-state index in [-0.39, 0.29) is 42.3 Å². The Balaban J connectivity index is 1.44. The van der Waals surface area contributed by atoms with Crippen molar-refractivity contribution in [2.75, 3.05) is 13.1 Å². The number of amides is 2. The van der Waals surface area contributed by atoms with Gasteiger partial charge in [-0.05, 0) is 68.1 Å². The zero-order valence-corrected chi connectivity index (χ0v) is 18.0. The van der Waals surface area contributed by atoms with E-state index in [0.29, 0.717) is 36.3 Å². The van der Waals surface area contributed by atoms with E-state index in [1.54, 1.807) is 24.3 Å². The molecule has 3 rings (SSSR count). The van der Waals surface area contributed by atoms with Gasteiger partial charge in [0, 0.05) is 29.2 Å². The third-order valence-corrected chi connectivity index (χ3v) is 5.57. The highest BCUT2D eigenvalue weighted by molar-refractivity contribution is 6.30. The molecule has 1 aliphatic carbocycles. The SMILES string of the molecule is O=C(NCCNC(=O)c1ccc(O[C@H]2CC[C@@H](C(=O)O)CC2)c(F)c1)c1ccc(Cl)cc1.